The number of fused-ring (bicyclic) bond motifs is 1. The maximum absolute atomic E-state index is 13.1. The Hall–Kier alpha value is -1.91. The smallest absolute Gasteiger partial charge is 0.293 e. The van der Waals surface area contributed by atoms with Gasteiger partial charge in [0.05, 0.1) is 23.5 Å². The summed E-state index contributed by atoms with van der Waals surface area (Å²) in [5.41, 5.74) is 1.41. The van der Waals surface area contributed by atoms with Gasteiger partial charge >= 0.3 is 0 Å². The molecule has 1 N–H and O–H groups in total. The Bertz CT molecular complexity index is 1190. The largest absolute Gasteiger partial charge is 0.459 e. The average molecular weight is 472 g/mol. The Labute approximate surface area is 181 Å². The van der Waals surface area contributed by atoms with E-state index in [1.807, 2.05) is 0 Å². The van der Waals surface area contributed by atoms with Gasteiger partial charge in [0, 0.05) is 22.9 Å². The number of hydrogen-bond donors (Lipinski definition) is 1. The molecule has 1 aromatic carbocycles. The third-order valence-corrected chi connectivity index (χ3v) is 8.21. The third-order valence-electron chi connectivity index (χ3n) is 4.49. The van der Waals surface area contributed by atoms with Crippen molar-refractivity contribution in [3.05, 3.63) is 62.5 Å². The van der Waals surface area contributed by atoms with Gasteiger partial charge in [0.1, 0.15) is 4.90 Å². The number of aryl methyl sites for hydroxylation is 1. The zero-order valence-corrected chi connectivity index (χ0v) is 18.3. The third kappa shape index (κ3) is 3.93. The van der Waals surface area contributed by atoms with Gasteiger partial charge in [0.25, 0.3) is 5.91 Å². The van der Waals surface area contributed by atoms with Crippen molar-refractivity contribution < 1.29 is 17.6 Å². The Morgan fingerprint density at radius 1 is 1.31 bits per heavy atom. The lowest BCUT2D eigenvalue weighted by Crippen LogP contribution is -2.35. The van der Waals surface area contributed by atoms with Crippen molar-refractivity contribution in [2.24, 2.45) is 0 Å². The molecule has 1 aliphatic rings. The Morgan fingerprint density at radius 3 is 2.83 bits per heavy atom. The Morgan fingerprint density at radius 2 is 2.10 bits per heavy atom. The minimum Gasteiger partial charge on any atom is -0.459 e. The number of anilines is 1. The van der Waals surface area contributed by atoms with Gasteiger partial charge in [0.15, 0.2) is 10.9 Å². The van der Waals surface area contributed by atoms with E-state index in [1.165, 1.54) is 34.0 Å². The molecule has 0 unspecified atom stereocenters. The Balaban J connectivity index is 1.56. The van der Waals surface area contributed by atoms with E-state index < -0.39 is 15.9 Å². The van der Waals surface area contributed by atoms with Crippen LogP contribution >= 0.6 is 34.5 Å². The van der Waals surface area contributed by atoms with E-state index in [1.54, 1.807) is 19.1 Å². The van der Waals surface area contributed by atoms with E-state index in [2.05, 4.69) is 10.3 Å². The second kappa shape index (κ2) is 7.73. The molecule has 1 amide bonds. The standard InChI is InChI=1S/C18H15Cl2N3O4S2/c1-10-7-16(12(20)8-11(10)19)29(25,26)23-5-4-13-15(9-23)28-18(21-13)22-17(24)14-3-2-6-27-14/h2-3,6-8H,4-5,9H2,1H3,(H,21,22,24). The van der Waals surface area contributed by atoms with E-state index in [-0.39, 0.29) is 28.8 Å². The SMILES string of the molecule is Cc1cc(S(=O)(=O)N2CCc3nc(NC(=O)c4ccco4)sc3C2)c(Cl)cc1Cl. The summed E-state index contributed by atoms with van der Waals surface area (Å²) in [7, 11) is -3.80. The number of carbonyl (C=O) groups is 1. The van der Waals surface area contributed by atoms with Crippen molar-refractivity contribution in [2.45, 2.75) is 24.8 Å². The van der Waals surface area contributed by atoms with Crippen LogP contribution in [0.3, 0.4) is 0 Å². The molecule has 1 aliphatic heterocycles. The highest BCUT2D eigenvalue weighted by atomic mass is 35.5. The first-order valence-electron chi connectivity index (χ1n) is 8.55. The van der Waals surface area contributed by atoms with Crippen LogP contribution in [0, 0.1) is 6.92 Å². The molecule has 0 radical (unpaired) electrons. The van der Waals surface area contributed by atoms with Crippen LogP contribution in [0.1, 0.15) is 26.7 Å². The number of nitrogens with one attached hydrogen (secondary N) is 1. The quantitative estimate of drug-likeness (QED) is 0.610. The lowest BCUT2D eigenvalue weighted by Gasteiger charge is -2.26. The van der Waals surface area contributed by atoms with Gasteiger partial charge in [-0.1, -0.05) is 23.2 Å². The molecule has 0 aliphatic carbocycles. The normalized spacial score (nSPS) is 14.6. The first-order valence-corrected chi connectivity index (χ1v) is 11.6. The Kier molecular flexibility index (Phi) is 5.43. The number of carbonyl (C=O) groups excluding carboxylic acids is 1. The molecule has 0 saturated carbocycles. The van der Waals surface area contributed by atoms with Crippen LogP contribution in [0.15, 0.2) is 39.8 Å². The molecule has 152 valence electrons. The minimum atomic E-state index is -3.80. The van der Waals surface area contributed by atoms with Crippen molar-refractivity contribution in [1.29, 1.82) is 0 Å². The maximum Gasteiger partial charge on any atom is 0.293 e. The lowest BCUT2D eigenvalue weighted by molar-refractivity contribution is 0.0996. The number of halogens is 2. The summed E-state index contributed by atoms with van der Waals surface area (Å²) in [6, 6.07) is 6.09. The minimum absolute atomic E-state index is 0.0281. The van der Waals surface area contributed by atoms with E-state index in [0.29, 0.717) is 22.1 Å². The number of sulfonamides is 1. The van der Waals surface area contributed by atoms with Gasteiger partial charge in [-0.3, -0.25) is 10.1 Å². The highest BCUT2D eigenvalue weighted by molar-refractivity contribution is 7.89. The molecule has 3 heterocycles. The van der Waals surface area contributed by atoms with Crippen LogP contribution in [0.25, 0.3) is 0 Å². The van der Waals surface area contributed by atoms with Crippen molar-refractivity contribution >= 4 is 55.6 Å². The van der Waals surface area contributed by atoms with E-state index in [0.717, 1.165) is 10.6 Å². The van der Waals surface area contributed by atoms with Crippen LogP contribution in [0.2, 0.25) is 10.0 Å². The predicted octanol–water partition coefficient (Wildman–Crippen LogP) is 4.35. The summed E-state index contributed by atoms with van der Waals surface area (Å²) >= 11 is 13.4. The summed E-state index contributed by atoms with van der Waals surface area (Å²) in [4.78, 5) is 17.3. The highest BCUT2D eigenvalue weighted by Gasteiger charge is 2.32. The molecular weight excluding hydrogens is 457 g/mol. The zero-order valence-electron chi connectivity index (χ0n) is 15.1. The van der Waals surface area contributed by atoms with Crippen molar-refractivity contribution in [3.63, 3.8) is 0 Å². The second-order valence-electron chi connectivity index (χ2n) is 6.44. The van der Waals surface area contributed by atoms with Crippen LogP contribution in [-0.4, -0.2) is 30.2 Å². The number of thiazole rings is 1. The average Bonchev–Trinajstić information content (AvgIpc) is 3.33. The maximum atomic E-state index is 13.1. The topological polar surface area (TPSA) is 92.5 Å². The van der Waals surface area contributed by atoms with E-state index >= 15 is 0 Å². The number of hydrogen-bond acceptors (Lipinski definition) is 6. The summed E-state index contributed by atoms with van der Waals surface area (Å²) in [6.07, 6.45) is 1.85. The zero-order chi connectivity index (χ0) is 20.8. The van der Waals surface area contributed by atoms with Crippen LogP contribution < -0.4 is 5.32 Å². The van der Waals surface area contributed by atoms with Gasteiger partial charge in [0.2, 0.25) is 10.0 Å². The first kappa shape index (κ1) is 20.4. The van der Waals surface area contributed by atoms with Crippen molar-refractivity contribution in [3.8, 4) is 0 Å². The number of benzene rings is 1. The van der Waals surface area contributed by atoms with Gasteiger partial charge in [-0.2, -0.15) is 4.31 Å². The monoisotopic (exact) mass is 471 g/mol. The molecule has 3 aromatic rings. The molecule has 0 spiro atoms. The molecule has 0 fully saturated rings. The number of furan rings is 1. The van der Waals surface area contributed by atoms with Crippen LogP contribution in [-0.2, 0) is 23.0 Å². The summed E-state index contributed by atoms with van der Waals surface area (Å²) in [5.74, 6) is -0.232. The molecule has 2 aromatic heterocycles. The van der Waals surface area contributed by atoms with Gasteiger partial charge in [-0.15, -0.1) is 11.3 Å². The number of rotatable bonds is 4. The van der Waals surface area contributed by atoms with Crippen molar-refractivity contribution in [2.75, 3.05) is 11.9 Å². The van der Waals surface area contributed by atoms with Gasteiger partial charge in [-0.25, -0.2) is 13.4 Å². The second-order valence-corrected chi connectivity index (χ2v) is 10.2. The molecular formula is C18H15Cl2N3O4S2. The van der Waals surface area contributed by atoms with Crippen LogP contribution in [0.4, 0.5) is 5.13 Å². The summed E-state index contributed by atoms with van der Waals surface area (Å²) in [6.45, 7) is 2.15. The molecule has 7 nitrogen and oxygen atoms in total. The molecule has 4 rings (SSSR count). The fourth-order valence-corrected chi connectivity index (χ4v) is 6.28. The molecule has 11 heteroatoms. The number of nitrogens with zero attached hydrogens (tertiary/aromatic N) is 2. The highest BCUT2D eigenvalue weighted by Crippen LogP contribution is 2.34. The first-order chi connectivity index (χ1) is 13.8. The predicted molar refractivity (Wildman–Crippen MR) is 111 cm³/mol. The molecule has 0 atom stereocenters. The van der Waals surface area contributed by atoms with Crippen molar-refractivity contribution in [1.82, 2.24) is 9.29 Å². The fourth-order valence-electron chi connectivity index (χ4n) is 2.96. The fraction of sp³-hybridized carbons (Fsp3) is 0.222. The molecule has 0 saturated heterocycles. The van der Waals surface area contributed by atoms with Gasteiger partial charge < -0.3 is 4.42 Å². The summed E-state index contributed by atoms with van der Waals surface area (Å²) in [5, 5.41) is 3.58. The molecule has 0 bridgehead atoms. The number of aromatic nitrogens is 1. The molecule has 29 heavy (non-hydrogen) atoms. The van der Waals surface area contributed by atoms with E-state index in [4.69, 9.17) is 27.6 Å². The van der Waals surface area contributed by atoms with Gasteiger partial charge in [-0.05, 0) is 36.8 Å². The van der Waals surface area contributed by atoms with Crippen LogP contribution in [0.5, 0.6) is 0 Å². The van der Waals surface area contributed by atoms with E-state index in [9.17, 15) is 13.2 Å². The number of amides is 1. The summed E-state index contributed by atoms with van der Waals surface area (Å²) < 4.78 is 32.7. The lowest BCUT2D eigenvalue weighted by atomic mass is 10.2.